The van der Waals surface area contributed by atoms with Crippen LogP contribution in [0.15, 0.2) is 0 Å². The van der Waals surface area contributed by atoms with Crippen LogP contribution in [0.4, 0.5) is 13.2 Å². The summed E-state index contributed by atoms with van der Waals surface area (Å²) in [6.07, 6.45) is -0.0726. The fraction of sp³-hybridized carbons (Fsp3) is 0.917. The summed E-state index contributed by atoms with van der Waals surface area (Å²) in [6.45, 7) is 1.34. The molecule has 1 saturated heterocycles. The van der Waals surface area contributed by atoms with Crippen molar-refractivity contribution in [2.75, 3.05) is 39.1 Å². The van der Waals surface area contributed by atoms with Crippen molar-refractivity contribution in [2.45, 2.75) is 30.2 Å². The lowest BCUT2D eigenvalue weighted by Crippen LogP contribution is -2.42. The van der Waals surface area contributed by atoms with E-state index in [-0.39, 0.29) is 11.4 Å². The number of rotatable bonds is 6. The first-order valence-corrected chi connectivity index (χ1v) is 7.46. The summed E-state index contributed by atoms with van der Waals surface area (Å²) in [6, 6.07) is 2.37. The number of thioether (sulfide) groups is 1. The summed E-state index contributed by atoms with van der Waals surface area (Å²) in [7, 11) is 0. The fourth-order valence-corrected chi connectivity index (χ4v) is 2.76. The Morgan fingerprint density at radius 3 is 2.47 bits per heavy atom. The Morgan fingerprint density at radius 2 is 2.00 bits per heavy atom. The van der Waals surface area contributed by atoms with Gasteiger partial charge in [-0.2, -0.15) is 18.4 Å². The number of piperidine rings is 1. The molecule has 0 radical (unpaired) electrons. The highest BCUT2D eigenvalue weighted by molar-refractivity contribution is 8.00. The molecule has 0 unspecified atom stereocenters. The molecule has 1 aliphatic heterocycles. The maximum absolute atomic E-state index is 11.8. The lowest BCUT2D eigenvalue weighted by atomic mass is 9.97. The minimum Gasteiger partial charge on any atom is -0.372 e. The maximum Gasteiger partial charge on any atom is 0.411 e. The van der Waals surface area contributed by atoms with E-state index in [1.807, 2.05) is 6.26 Å². The molecule has 0 aromatic heterocycles. The summed E-state index contributed by atoms with van der Waals surface area (Å²) in [4.78, 5) is 2.18. The van der Waals surface area contributed by atoms with Crippen molar-refractivity contribution in [1.29, 1.82) is 5.26 Å². The highest BCUT2D eigenvalue weighted by atomic mass is 32.2. The molecule has 19 heavy (non-hydrogen) atoms. The monoisotopic (exact) mass is 296 g/mol. The van der Waals surface area contributed by atoms with Crippen LogP contribution in [0.1, 0.15) is 19.3 Å². The molecule has 7 heteroatoms. The Kier molecular flexibility index (Phi) is 6.43. The first-order chi connectivity index (χ1) is 8.91. The Bertz CT molecular complexity index is 309. The van der Waals surface area contributed by atoms with Crippen LogP contribution in [-0.4, -0.2) is 54.9 Å². The zero-order valence-electron chi connectivity index (χ0n) is 11.0. The summed E-state index contributed by atoms with van der Waals surface area (Å²) in [5.41, 5.74) is 0. The number of hydrogen-bond donors (Lipinski definition) is 0. The summed E-state index contributed by atoms with van der Waals surface area (Å²) < 4.78 is 39.8. The van der Waals surface area contributed by atoms with Gasteiger partial charge in [0.1, 0.15) is 11.4 Å². The summed E-state index contributed by atoms with van der Waals surface area (Å²) >= 11 is 1.59. The lowest BCUT2D eigenvalue weighted by molar-refractivity contribution is -0.174. The van der Waals surface area contributed by atoms with Crippen LogP contribution in [0.3, 0.4) is 0 Å². The number of likely N-dealkylation sites (tertiary alicyclic amines) is 1. The molecule has 0 bridgehead atoms. The van der Waals surface area contributed by atoms with E-state index in [9.17, 15) is 13.2 Å². The van der Waals surface area contributed by atoms with Crippen molar-refractivity contribution in [3.05, 3.63) is 0 Å². The molecule has 0 aliphatic carbocycles. The normalized spacial score (nSPS) is 20.2. The Hall–Kier alpha value is -0.450. The van der Waals surface area contributed by atoms with Gasteiger partial charge in [0.05, 0.1) is 6.07 Å². The minimum atomic E-state index is -4.24. The largest absolute Gasteiger partial charge is 0.411 e. The molecule has 1 heterocycles. The molecule has 0 N–H and O–H groups in total. The minimum absolute atomic E-state index is 0.127. The third-order valence-corrected chi connectivity index (χ3v) is 4.57. The zero-order chi connectivity index (χ0) is 14.4. The van der Waals surface area contributed by atoms with Crippen LogP contribution in [0.2, 0.25) is 0 Å². The Balaban J connectivity index is 2.12. The van der Waals surface area contributed by atoms with Crippen molar-refractivity contribution in [2.24, 2.45) is 0 Å². The third kappa shape index (κ3) is 6.02. The van der Waals surface area contributed by atoms with E-state index in [2.05, 4.69) is 15.7 Å². The summed E-state index contributed by atoms with van der Waals surface area (Å²) in [5.74, 6) is 0. The van der Waals surface area contributed by atoms with Crippen LogP contribution in [-0.2, 0) is 4.74 Å². The van der Waals surface area contributed by atoms with Gasteiger partial charge in [0, 0.05) is 26.2 Å². The first kappa shape index (κ1) is 16.6. The van der Waals surface area contributed by atoms with Crippen molar-refractivity contribution >= 4 is 11.8 Å². The fourth-order valence-electron chi connectivity index (χ4n) is 2.08. The van der Waals surface area contributed by atoms with E-state index >= 15 is 0 Å². The van der Waals surface area contributed by atoms with E-state index in [0.29, 0.717) is 6.42 Å². The molecule has 0 amide bonds. The van der Waals surface area contributed by atoms with E-state index < -0.39 is 12.8 Å². The molecular weight excluding hydrogens is 277 g/mol. The lowest BCUT2D eigenvalue weighted by Gasteiger charge is -2.36. The van der Waals surface area contributed by atoms with E-state index in [4.69, 9.17) is 5.26 Å². The van der Waals surface area contributed by atoms with Gasteiger partial charge in [0.15, 0.2) is 0 Å². The van der Waals surface area contributed by atoms with Gasteiger partial charge in [-0.05, 0) is 25.5 Å². The molecule has 0 atom stereocenters. The second-order valence-electron chi connectivity index (χ2n) is 4.67. The van der Waals surface area contributed by atoms with Crippen LogP contribution in [0.5, 0.6) is 0 Å². The van der Waals surface area contributed by atoms with Crippen LogP contribution >= 0.6 is 11.8 Å². The Labute approximate surface area is 116 Å². The number of nitrogens with zero attached hydrogens (tertiary/aromatic N) is 2. The predicted molar refractivity (Wildman–Crippen MR) is 69.0 cm³/mol. The van der Waals surface area contributed by atoms with Crippen molar-refractivity contribution in [1.82, 2.24) is 4.90 Å². The molecule has 0 saturated carbocycles. The quantitative estimate of drug-likeness (QED) is 0.706. The summed E-state index contributed by atoms with van der Waals surface area (Å²) in [5, 5.41) is 9.13. The number of halogens is 3. The second kappa shape index (κ2) is 7.36. The molecule has 3 nitrogen and oxygen atoms in total. The van der Waals surface area contributed by atoms with Crippen LogP contribution in [0, 0.1) is 11.3 Å². The first-order valence-electron chi connectivity index (χ1n) is 6.24. The second-order valence-corrected chi connectivity index (χ2v) is 5.86. The number of nitriles is 1. The maximum atomic E-state index is 11.8. The van der Waals surface area contributed by atoms with Crippen LogP contribution < -0.4 is 0 Å². The van der Waals surface area contributed by atoms with Gasteiger partial charge in [-0.15, -0.1) is 11.8 Å². The van der Waals surface area contributed by atoms with Gasteiger partial charge in [-0.25, -0.2) is 0 Å². The topological polar surface area (TPSA) is 36.3 Å². The molecular formula is C12H19F3N2OS. The number of hydrogen-bond acceptors (Lipinski definition) is 4. The van der Waals surface area contributed by atoms with Gasteiger partial charge in [0.2, 0.25) is 0 Å². The van der Waals surface area contributed by atoms with Gasteiger partial charge in [0.25, 0.3) is 0 Å². The van der Waals surface area contributed by atoms with Crippen molar-refractivity contribution < 1.29 is 17.9 Å². The average molecular weight is 296 g/mol. The van der Waals surface area contributed by atoms with Gasteiger partial charge >= 0.3 is 6.18 Å². The van der Waals surface area contributed by atoms with E-state index in [1.54, 1.807) is 11.8 Å². The van der Waals surface area contributed by atoms with Gasteiger partial charge in [-0.3, -0.25) is 0 Å². The highest BCUT2D eigenvalue weighted by Crippen LogP contribution is 2.33. The van der Waals surface area contributed by atoms with Gasteiger partial charge in [-0.1, -0.05) is 0 Å². The van der Waals surface area contributed by atoms with Gasteiger partial charge < -0.3 is 9.64 Å². The molecule has 0 aromatic carbocycles. The Morgan fingerprint density at radius 1 is 1.37 bits per heavy atom. The predicted octanol–water partition coefficient (Wildman–Crippen LogP) is 2.68. The average Bonchev–Trinajstić information content (AvgIpc) is 2.38. The molecule has 1 fully saturated rings. The molecule has 0 aromatic rings. The smallest absolute Gasteiger partial charge is 0.372 e. The molecule has 1 rings (SSSR count). The third-order valence-electron chi connectivity index (χ3n) is 3.29. The highest BCUT2D eigenvalue weighted by Gasteiger charge is 2.33. The molecule has 0 spiro atoms. The number of alkyl halides is 3. The number of ether oxygens (including phenoxy) is 1. The zero-order valence-corrected chi connectivity index (χ0v) is 11.8. The molecule has 1 aliphatic rings. The van der Waals surface area contributed by atoms with Crippen molar-refractivity contribution in [3.8, 4) is 6.07 Å². The van der Waals surface area contributed by atoms with Crippen molar-refractivity contribution in [3.63, 3.8) is 0 Å². The van der Waals surface area contributed by atoms with E-state index in [0.717, 1.165) is 32.5 Å². The van der Waals surface area contributed by atoms with E-state index in [1.165, 1.54) is 0 Å². The molecule has 110 valence electrons. The standard InChI is InChI=1S/C12H19F3N2OS/c1-19-11(9-16)3-6-17(7-4-11)5-2-8-18-10-12(13,14)15/h2-8,10H2,1H3. The van der Waals surface area contributed by atoms with Crippen LogP contribution in [0.25, 0.3) is 0 Å². The SMILES string of the molecule is CSC1(C#N)CCN(CCCOCC(F)(F)F)CC1.